The number of thioether (sulfide) groups is 1. The average Bonchev–Trinajstić information content (AvgIpc) is 2.38. The maximum absolute atomic E-state index is 12.4. The standard InChI is InChI=1S/C13H26N2O4S2/c1-5-21(18,19)14-11(6-7-20-4)12(16)15-8-13(17,9-15)10(2)3/h10-11,14,17H,5-9H2,1-4H3. The minimum atomic E-state index is -3.43. The number of amides is 1. The number of sulfonamides is 1. The molecule has 0 saturated carbocycles. The fraction of sp³-hybridized carbons (Fsp3) is 0.923. The van der Waals surface area contributed by atoms with Crippen LogP contribution in [0.5, 0.6) is 0 Å². The van der Waals surface area contributed by atoms with Gasteiger partial charge < -0.3 is 10.0 Å². The molecule has 0 spiro atoms. The first-order valence-corrected chi connectivity index (χ1v) is 10.2. The van der Waals surface area contributed by atoms with Crippen LogP contribution in [0, 0.1) is 5.92 Å². The molecule has 2 N–H and O–H groups in total. The zero-order valence-corrected chi connectivity index (χ0v) is 14.8. The highest BCUT2D eigenvalue weighted by Gasteiger charge is 2.47. The summed E-state index contributed by atoms with van der Waals surface area (Å²) in [6, 6.07) is -0.737. The van der Waals surface area contributed by atoms with Crippen molar-refractivity contribution in [2.45, 2.75) is 38.8 Å². The number of nitrogens with zero attached hydrogens (tertiary/aromatic N) is 1. The van der Waals surface area contributed by atoms with Gasteiger partial charge in [0, 0.05) is 0 Å². The van der Waals surface area contributed by atoms with Crippen molar-refractivity contribution in [1.29, 1.82) is 0 Å². The Bertz CT molecular complexity index is 459. The third-order valence-corrected chi connectivity index (χ3v) is 5.97. The van der Waals surface area contributed by atoms with Crippen LogP contribution in [0.1, 0.15) is 27.2 Å². The van der Waals surface area contributed by atoms with Gasteiger partial charge in [-0.15, -0.1) is 0 Å². The fourth-order valence-corrected chi connectivity index (χ4v) is 3.41. The summed E-state index contributed by atoms with van der Waals surface area (Å²) in [5, 5.41) is 10.2. The predicted octanol–water partition coefficient (Wildman–Crippen LogP) is 0.277. The molecular formula is C13H26N2O4S2. The van der Waals surface area contributed by atoms with Crippen molar-refractivity contribution in [3.8, 4) is 0 Å². The topological polar surface area (TPSA) is 86.7 Å². The normalized spacial score (nSPS) is 19.4. The minimum Gasteiger partial charge on any atom is -0.386 e. The lowest BCUT2D eigenvalue weighted by Crippen LogP contribution is -2.68. The van der Waals surface area contributed by atoms with Gasteiger partial charge in [-0.05, 0) is 31.3 Å². The summed E-state index contributed by atoms with van der Waals surface area (Å²) in [6.07, 6.45) is 2.37. The highest BCUT2D eigenvalue weighted by Crippen LogP contribution is 2.29. The predicted molar refractivity (Wildman–Crippen MR) is 85.8 cm³/mol. The molecule has 1 saturated heterocycles. The molecule has 124 valence electrons. The van der Waals surface area contributed by atoms with E-state index in [9.17, 15) is 18.3 Å². The second kappa shape index (κ2) is 7.30. The number of β-amino-alcohol motifs (C(OH)–C–C–N with tert-alkyl or cyclic N) is 1. The molecule has 0 aromatic heterocycles. The summed E-state index contributed by atoms with van der Waals surface area (Å²) in [6.45, 7) is 5.90. The molecule has 1 fully saturated rings. The third kappa shape index (κ3) is 4.84. The molecule has 1 heterocycles. The van der Waals surface area contributed by atoms with Crippen LogP contribution in [-0.4, -0.2) is 66.8 Å². The molecule has 0 aromatic rings. The first kappa shape index (κ1) is 18.7. The van der Waals surface area contributed by atoms with E-state index >= 15 is 0 Å². The Balaban J connectivity index is 2.69. The lowest BCUT2D eigenvalue weighted by Gasteiger charge is -2.49. The Kier molecular flexibility index (Phi) is 6.52. The van der Waals surface area contributed by atoms with Crippen LogP contribution in [0.3, 0.4) is 0 Å². The molecule has 1 amide bonds. The summed E-state index contributed by atoms with van der Waals surface area (Å²) >= 11 is 1.57. The van der Waals surface area contributed by atoms with Crippen LogP contribution in [0.25, 0.3) is 0 Å². The van der Waals surface area contributed by atoms with E-state index in [4.69, 9.17) is 0 Å². The molecule has 1 atom stereocenters. The molecule has 0 aromatic carbocycles. The van der Waals surface area contributed by atoms with E-state index in [1.54, 1.807) is 18.7 Å². The van der Waals surface area contributed by atoms with Crippen molar-refractivity contribution in [1.82, 2.24) is 9.62 Å². The van der Waals surface area contributed by atoms with E-state index in [-0.39, 0.29) is 30.7 Å². The van der Waals surface area contributed by atoms with Crippen LogP contribution < -0.4 is 4.72 Å². The van der Waals surface area contributed by atoms with E-state index in [1.165, 1.54) is 4.90 Å². The number of hydrogen-bond acceptors (Lipinski definition) is 5. The Hall–Kier alpha value is -0.310. The Labute approximate surface area is 131 Å². The average molecular weight is 338 g/mol. The van der Waals surface area contributed by atoms with Crippen molar-refractivity contribution >= 4 is 27.7 Å². The number of carbonyl (C=O) groups excluding carboxylic acids is 1. The van der Waals surface area contributed by atoms with E-state index in [1.807, 2.05) is 20.1 Å². The van der Waals surface area contributed by atoms with Crippen molar-refractivity contribution in [3.05, 3.63) is 0 Å². The van der Waals surface area contributed by atoms with E-state index in [2.05, 4.69) is 4.72 Å². The van der Waals surface area contributed by atoms with Crippen molar-refractivity contribution < 1.29 is 18.3 Å². The zero-order chi connectivity index (χ0) is 16.3. The number of carbonyl (C=O) groups is 1. The highest BCUT2D eigenvalue weighted by atomic mass is 32.2. The molecule has 0 radical (unpaired) electrons. The molecule has 1 unspecified atom stereocenters. The summed E-state index contributed by atoms with van der Waals surface area (Å²) in [7, 11) is -3.43. The lowest BCUT2D eigenvalue weighted by atomic mass is 9.82. The summed E-state index contributed by atoms with van der Waals surface area (Å²) in [4.78, 5) is 13.9. The van der Waals surface area contributed by atoms with Crippen LogP contribution in [0.15, 0.2) is 0 Å². The maximum Gasteiger partial charge on any atom is 0.240 e. The molecule has 1 rings (SSSR count). The molecule has 1 aliphatic rings. The number of rotatable bonds is 8. The molecule has 0 aliphatic carbocycles. The third-order valence-electron chi connectivity index (χ3n) is 3.93. The number of hydrogen-bond donors (Lipinski definition) is 2. The van der Waals surface area contributed by atoms with Gasteiger partial charge in [-0.1, -0.05) is 13.8 Å². The number of likely N-dealkylation sites (tertiary alicyclic amines) is 1. The molecule has 6 nitrogen and oxygen atoms in total. The molecule has 0 bridgehead atoms. The van der Waals surface area contributed by atoms with Crippen molar-refractivity contribution in [2.24, 2.45) is 5.92 Å². The van der Waals surface area contributed by atoms with Gasteiger partial charge in [-0.25, -0.2) is 13.1 Å². The van der Waals surface area contributed by atoms with Gasteiger partial charge >= 0.3 is 0 Å². The highest BCUT2D eigenvalue weighted by molar-refractivity contribution is 7.98. The molecular weight excluding hydrogens is 312 g/mol. The van der Waals surface area contributed by atoms with Crippen LogP contribution in [-0.2, 0) is 14.8 Å². The van der Waals surface area contributed by atoms with E-state index < -0.39 is 21.7 Å². The molecule has 21 heavy (non-hydrogen) atoms. The van der Waals surface area contributed by atoms with E-state index in [0.717, 1.165) is 0 Å². The maximum atomic E-state index is 12.4. The molecule has 8 heteroatoms. The first-order chi connectivity index (χ1) is 9.65. The van der Waals surface area contributed by atoms with Gasteiger partial charge in [0.2, 0.25) is 15.9 Å². The van der Waals surface area contributed by atoms with Crippen LogP contribution in [0.4, 0.5) is 0 Å². The van der Waals surface area contributed by atoms with Crippen LogP contribution >= 0.6 is 11.8 Å². The monoisotopic (exact) mass is 338 g/mol. The Morgan fingerprint density at radius 1 is 1.43 bits per heavy atom. The molecule has 1 aliphatic heterocycles. The van der Waals surface area contributed by atoms with Gasteiger partial charge in [0.15, 0.2) is 0 Å². The van der Waals surface area contributed by atoms with Gasteiger partial charge in [0.05, 0.1) is 18.8 Å². The Morgan fingerprint density at radius 3 is 2.43 bits per heavy atom. The summed E-state index contributed by atoms with van der Waals surface area (Å²) in [5.74, 6) is 0.474. The van der Waals surface area contributed by atoms with Crippen LogP contribution in [0.2, 0.25) is 0 Å². The van der Waals surface area contributed by atoms with Crippen molar-refractivity contribution in [3.63, 3.8) is 0 Å². The lowest BCUT2D eigenvalue weighted by molar-refractivity contribution is -0.165. The van der Waals surface area contributed by atoms with E-state index in [0.29, 0.717) is 12.2 Å². The summed E-state index contributed by atoms with van der Waals surface area (Å²) in [5.41, 5.74) is -0.844. The SMILES string of the molecule is CCS(=O)(=O)NC(CCSC)C(=O)N1CC(O)(C(C)C)C1. The van der Waals surface area contributed by atoms with Gasteiger partial charge in [-0.3, -0.25) is 4.79 Å². The minimum absolute atomic E-state index is 0.0496. The number of aliphatic hydroxyl groups is 1. The number of nitrogens with one attached hydrogen (secondary N) is 1. The second-order valence-electron chi connectivity index (χ2n) is 5.81. The first-order valence-electron chi connectivity index (χ1n) is 7.15. The van der Waals surface area contributed by atoms with Gasteiger partial charge in [0.1, 0.15) is 11.6 Å². The fourth-order valence-electron chi connectivity index (χ4n) is 2.12. The van der Waals surface area contributed by atoms with Gasteiger partial charge in [-0.2, -0.15) is 11.8 Å². The van der Waals surface area contributed by atoms with Crippen molar-refractivity contribution in [2.75, 3.05) is 30.9 Å². The quantitative estimate of drug-likeness (QED) is 0.664. The summed E-state index contributed by atoms with van der Waals surface area (Å²) < 4.78 is 25.9. The Morgan fingerprint density at radius 2 is 2.00 bits per heavy atom. The second-order valence-corrected chi connectivity index (χ2v) is 8.84. The zero-order valence-electron chi connectivity index (χ0n) is 13.1. The van der Waals surface area contributed by atoms with Gasteiger partial charge in [0.25, 0.3) is 0 Å². The smallest absolute Gasteiger partial charge is 0.240 e. The largest absolute Gasteiger partial charge is 0.386 e.